The first-order chi connectivity index (χ1) is 16.2. The van der Waals surface area contributed by atoms with Gasteiger partial charge in [0.05, 0.1) is 0 Å². The molecule has 1 aromatic heterocycles. The molecule has 0 saturated heterocycles. The number of carbonyl (C=O) groups excluding carboxylic acids is 1. The first-order valence-corrected chi connectivity index (χ1v) is 12.4. The lowest BCUT2D eigenvalue weighted by molar-refractivity contribution is 0.101. The molecule has 1 aliphatic carbocycles. The summed E-state index contributed by atoms with van der Waals surface area (Å²) in [6, 6.07) is 8.73. The van der Waals surface area contributed by atoms with Gasteiger partial charge in [0.15, 0.2) is 17.4 Å². The third-order valence-corrected chi connectivity index (χ3v) is 6.48. The summed E-state index contributed by atoms with van der Waals surface area (Å²) in [4.78, 5) is 21.7. The Morgan fingerprint density at radius 2 is 1.82 bits per heavy atom. The van der Waals surface area contributed by atoms with Gasteiger partial charge in [-0.15, -0.1) is 5.53 Å². The number of nitrogens with two attached hydrogens (primary N) is 1. The van der Waals surface area contributed by atoms with Crippen LogP contribution in [0.4, 0.5) is 23.3 Å². The second-order valence-electron chi connectivity index (χ2n) is 9.96. The zero-order valence-electron chi connectivity index (χ0n) is 20.9. The van der Waals surface area contributed by atoms with Crippen molar-refractivity contribution in [2.45, 2.75) is 91.0 Å². The van der Waals surface area contributed by atoms with E-state index in [9.17, 15) is 4.79 Å². The molecule has 9 heteroatoms. The number of anilines is 4. The number of nitrogens with zero attached hydrogens (tertiary/aromatic N) is 4. The van der Waals surface area contributed by atoms with Crippen LogP contribution in [0.5, 0.6) is 0 Å². The fourth-order valence-electron chi connectivity index (χ4n) is 4.50. The molecule has 184 valence electrons. The van der Waals surface area contributed by atoms with Gasteiger partial charge in [0, 0.05) is 36.3 Å². The highest BCUT2D eigenvalue weighted by Crippen LogP contribution is 2.40. The Hall–Kier alpha value is -2.91. The van der Waals surface area contributed by atoms with Crippen molar-refractivity contribution in [3.05, 3.63) is 35.4 Å². The molecule has 2 heterocycles. The van der Waals surface area contributed by atoms with Gasteiger partial charge in [-0.1, -0.05) is 18.2 Å². The molecule has 0 radical (unpaired) electrons. The zero-order chi connectivity index (χ0) is 24.4. The number of nitrogens with one attached hydrogen (secondary N) is 3. The van der Waals surface area contributed by atoms with Crippen molar-refractivity contribution in [3.8, 4) is 0 Å². The number of aromatic nitrogens is 2. The average Bonchev–Trinajstić information content (AvgIpc) is 3.19. The number of ketones is 1. The molecule has 1 fully saturated rings. The Bertz CT molecular complexity index is 1020. The SMILES string of the molecule is CC(=O)c1cccc(CNc2nc(NC3CCC(N)CC3)nc3c2N(C(C)C)NN3C(C)C)c1. The number of hydrogen-bond donors (Lipinski definition) is 4. The van der Waals surface area contributed by atoms with Crippen LogP contribution >= 0.6 is 0 Å². The largest absolute Gasteiger partial charge is 0.364 e. The Kier molecular flexibility index (Phi) is 7.23. The van der Waals surface area contributed by atoms with Gasteiger partial charge < -0.3 is 16.4 Å². The van der Waals surface area contributed by atoms with E-state index in [2.05, 4.69) is 53.9 Å². The van der Waals surface area contributed by atoms with E-state index in [-0.39, 0.29) is 17.9 Å². The monoisotopic (exact) mass is 466 g/mol. The fourth-order valence-corrected chi connectivity index (χ4v) is 4.50. The van der Waals surface area contributed by atoms with E-state index in [0.717, 1.165) is 48.6 Å². The maximum absolute atomic E-state index is 11.8. The Morgan fingerprint density at radius 3 is 2.47 bits per heavy atom. The summed E-state index contributed by atoms with van der Waals surface area (Å²) in [5, 5.41) is 11.3. The van der Waals surface area contributed by atoms with E-state index in [4.69, 9.17) is 15.7 Å². The quantitative estimate of drug-likeness (QED) is 0.431. The number of benzene rings is 1. The van der Waals surface area contributed by atoms with E-state index in [1.807, 2.05) is 24.3 Å². The van der Waals surface area contributed by atoms with Crippen LogP contribution in [-0.4, -0.2) is 39.9 Å². The summed E-state index contributed by atoms with van der Waals surface area (Å²) < 4.78 is 0. The molecule has 0 spiro atoms. The van der Waals surface area contributed by atoms with Crippen molar-refractivity contribution in [1.29, 1.82) is 0 Å². The normalized spacial score (nSPS) is 20.1. The third-order valence-electron chi connectivity index (χ3n) is 6.48. The third kappa shape index (κ3) is 5.26. The van der Waals surface area contributed by atoms with Crippen molar-refractivity contribution in [1.82, 2.24) is 15.5 Å². The summed E-state index contributed by atoms with van der Waals surface area (Å²) >= 11 is 0. The van der Waals surface area contributed by atoms with Crippen molar-refractivity contribution in [2.75, 3.05) is 20.7 Å². The molecule has 4 rings (SSSR count). The lowest BCUT2D eigenvalue weighted by Gasteiger charge is -2.27. The predicted molar refractivity (Wildman–Crippen MR) is 138 cm³/mol. The number of hydrogen-bond acceptors (Lipinski definition) is 9. The molecular formula is C25H38N8O. The van der Waals surface area contributed by atoms with Gasteiger partial charge in [-0.2, -0.15) is 9.97 Å². The van der Waals surface area contributed by atoms with E-state index >= 15 is 0 Å². The van der Waals surface area contributed by atoms with Gasteiger partial charge in [-0.3, -0.25) is 14.8 Å². The number of carbonyl (C=O) groups is 1. The molecule has 1 aliphatic heterocycles. The van der Waals surface area contributed by atoms with Crippen LogP contribution in [-0.2, 0) is 6.54 Å². The first kappa shape index (κ1) is 24.2. The maximum atomic E-state index is 11.8. The van der Waals surface area contributed by atoms with Gasteiger partial charge in [-0.25, -0.2) is 0 Å². The van der Waals surface area contributed by atoms with Gasteiger partial charge in [0.2, 0.25) is 5.95 Å². The van der Waals surface area contributed by atoms with E-state index in [1.165, 1.54) is 0 Å². The molecule has 0 bridgehead atoms. The highest BCUT2D eigenvalue weighted by Gasteiger charge is 2.35. The molecule has 9 nitrogen and oxygen atoms in total. The summed E-state index contributed by atoms with van der Waals surface area (Å²) in [5.74, 6) is 2.30. The molecule has 34 heavy (non-hydrogen) atoms. The van der Waals surface area contributed by atoms with Crippen molar-refractivity contribution in [3.63, 3.8) is 0 Å². The zero-order valence-corrected chi connectivity index (χ0v) is 20.9. The number of Topliss-reactive ketones (excluding diaryl/α,β-unsaturated/α-hetero) is 1. The van der Waals surface area contributed by atoms with E-state index in [0.29, 0.717) is 30.1 Å². The standard InChI is InChI=1S/C25H38N8O/c1-15(2)32-22-23(27-14-18-7-6-8-19(13-18)17(5)34)29-25(28-21-11-9-20(26)10-12-21)30-24(22)33(31-32)16(3)4/h6-8,13,15-16,20-21,31H,9-12,14,26H2,1-5H3,(H2,27,28,29,30). The molecule has 0 unspecified atom stereocenters. The van der Waals surface area contributed by atoms with E-state index < -0.39 is 0 Å². The van der Waals surface area contributed by atoms with Gasteiger partial charge in [0.1, 0.15) is 5.69 Å². The predicted octanol–water partition coefficient (Wildman–Crippen LogP) is 3.84. The molecular weight excluding hydrogens is 428 g/mol. The highest BCUT2D eigenvalue weighted by molar-refractivity contribution is 5.94. The molecule has 2 aliphatic rings. The minimum Gasteiger partial charge on any atom is -0.364 e. The van der Waals surface area contributed by atoms with Crippen LogP contribution < -0.4 is 31.9 Å². The summed E-state index contributed by atoms with van der Waals surface area (Å²) in [5.41, 5.74) is 12.3. The summed E-state index contributed by atoms with van der Waals surface area (Å²) in [6.45, 7) is 10.7. The topological polar surface area (TPSA) is 111 Å². The second-order valence-corrected chi connectivity index (χ2v) is 9.96. The van der Waals surface area contributed by atoms with Crippen LogP contribution in [0.15, 0.2) is 24.3 Å². The molecule has 5 N–H and O–H groups in total. The fraction of sp³-hybridized carbons (Fsp3) is 0.560. The maximum Gasteiger partial charge on any atom is 0.227 e. The number of rotatable bonds is 8. The minimum atomic E-state index is 0.0613. The Labute approximate surface area is 202 Å². The van der Waals surface area contributed by atoms with Crippen LogP contribution in [0, 0.1) is 0 Å². The Morgan fingerprint density at radius 1 is 1.12 bits per heavy atom. The lowest BCUT2D eigenvalue weighted by atomic mass is 9.92. The summed E-state index contributed by atoms with van der Waals surface area (Å²) in [7, 11) is 0. The van der Waals surface area contributed by atoms with Crippen molar-refractivity contribution < 1.29 is 4.79 Å². The molecule has 2 aromatic rings. The number of hydrazine groups is 2. The van der Waals surface area contributed by atoms with Crippen molar-refractivity contribution in [2.24, 2.45) is 5.73 Å². The molecule has 0 amide bonds. The average molecular weight is 467 g/mol. The molecule has 1 aromatic carbocycles. The first-order valence-electron chi connectivity index (χ1n) is 12.4. The Balaban J connectivity index is 1.66. The van der Waals surface area contributed by atoms with Crippen molar-refractivity contribution >= 4 is 29.1 Å². The molecule has 0 atom stereocenters. The van der Waals surface area contributed by atoms with Crippen LogP contribution in [0.25, 0.3) is 0 Å². The van der Waals surface area contributed by atoms with Crippen LogP contribution in [0.1, 0.15) is 76.2 Å². The van der Waals surface area contributed by atoms with Crippen LogP contribution in [0.2, 0.25) is 0 Å². The van der Waals surface area contributed by atoms with Gasteiger partial charge in [-0.05, 0) is 71.9 Å². The lowest BCUT2D eigenvalue weighted by Crippen LogP contribution is -2.50. The minimum absolute atomic E-state index is 0.0613. The van der Waals surface area contributed by atoms with Crippen LogP contribution in [0.3, 0.4) is 0 Å². The summed E-state index contributed by atoms with van der Waals surface area (Å²) in [6.07, 6.45) is 4.07. The van der Waals surface area contributed by atoms with Gasteiger partial charge >= 0.3 is 0 Å². The van der Waals surface area contributed by atoms with Gasteiger partial charge in [0.25, 0.3) is 0 Å². The second kappa shape index (κ2) is 10.1. The highest BCUT2D eigenvalue weighted by atomic mass is 16.1. The number of fused-ring (bicyclic) bond motifs is 1. The molecule has 1 saturated carbocycles. The van der Waals surface area contributed by atoms with E-state index in [1.54, 1.807) is 6.92 Å². The smallest absolute Gasteiger partial charge is 0.227 e.